The Hall–Kier alpha value is -2.64. The second-order valence-corrected chi connectivity index (χ2v) is 6.83. The van der Waals surface area contributed by atoms with E-state index in [0.717, 1.165) is 56.0 Å². The number of urea groups is 1. The molecular formula is C18H27N7O. The predicted octanol–water partition coefficient (Wildman–Crippen LogP) is 1.72. The minimum atomic E-state index is -0.0976. The molecule has 1 saturated heterocycles. The van der Waals surface area contributed by atoms with E-state index < -0.39 is 0 Å². The Kier molecular flexibility index (Phi) is 6.04. The van der Waals surface area contributed by atoms with E-state index in [0.29, 0.717) is 6.54 Å². The lowest BCUT2D eigenvalue weighted by Crippen LogP contribution is -2.51. The number of anilines is 1. The molecule has 8 heteroatoms. The second-order valence-electron chi connectivity index (χ2n) is 6.83. The molecule has 0 aromatic carbocycles. The zero-order valence-corrected chi connectivity index (χ0v) is 15.5. The number of carbonyl (C=O) groups excluding carboxylic acids is 1. The van der Waals surface area contributed by atoms with Crippen molar-refractivity contribution in [2.75, 3.05) is 24.5 Å². The molecule has 0 saturated carbocycles. The van der Waals surface area contributed by atoms with Crippen LogP contribution in [0.2, 0.25) is 0 Å². The average Bonchev–Trinajstić information content (AvgIpc) is 3.04. The normalized spacial score (nSPS) is 17.2. The highest BCUT2D eigenvalue weighted by Gasteiger charge is 2.22. The number of H-pyrrole nitrogens is 1. The Morgan fingerprint density at radius 1 is 1.38 bits per heavy atom. The molecule has 140 valence electrons. The number of nitrogens with zero attached hydrogens (tertiary/aromatic N) is 4. The third-order valence-corrected chi connectivity index (χ3v) is 4.71. The van der Waals surface area contributed by atoms with Gasteiger partial charge in [-0.2, -0.15) is 5.10 Å². The first-order chi connectivity index (χ1) is 12.6. The monoisotopic (exact) mass is 357 g/mol. The van der Waals surface area contributed by atoms with Gasteiger partial charge in [0.2, 0.25) is 0 Å². The highest BCUT2D eigenvalue weighted by molar-refractivity contribution is 5.74. The molecule has 0 radical (unpaired) electrons. The van der Waals surface area contributed by atoms with Gasteiger partial charge in [-0.3, -0.25) is 5.10 Å². The predicted molar refractivity (Wildman–Crippen MR) is 100 cm³/mol. The largest absolute Gasteiger partial charge is 0.354 e. The molecule has 3 rings (SSSR count). The van der Waals surface area contributed by atoms with Gasteiger partial charge in [-0.15, -0.1) is 0 Å². The van der Waals surface area contributed by atoms with Gasteiger partial charge in [-0.1, -0.05) is 0 Å². The summed E-state index contributed by atoms with van der Waals surface area (Å²) in [5.41, 5.74) is 3.25. The summed E-state index contributed by atoms with van der Waals surface area (Å²) in [4.78, 5) is 22.9. The van der Waals surface area contributed by atoms with Crippen LogP contribution in [0.1, 0.15) is 36.2 Å². The maximum Gasteiger partial charge on any atom is 0.315 e. The Morgan fingerprint density at radius 2 is 2.27 bits per heavy atom. The first-order valence-corrected chi connectivity index (χ1v) is 9.18. The number of rotatable bonds is 6. The zero-order valence-electron chi connectivity index (χ0n) is 15.5. The van der Waals surface area contributed by atoms with Crippen molar-refractivity contribution in [2.24, 2.45) is 0 Å². The van der Waals surface area contributed by atoms with Gasteiger partial charge in [0.1, 0.15) is 12.1 Å². The van der Waals surface area contributed by atoms with Crippen molar-refractivity contribution in [3.63, 3.8) is 0 Å². The average molecular weight is 357 g/mol. The molecule has 3 heterocycles. The third kappa shape index (κ3) is 4.93. The van der Waals surface area contributed by atoms with Crippen LogP contribution in [0.3, 0.4) is 0 Å². The lowest BCUT2D eigenvalue weighted by atomic mass is 10.1. The summed E-state index contributed by atoms with van der Waals surface area (Å²) in [7, 11) is 0. The molecule has 3 N–H and O–H groups in total. The van der Waals surface area contributed by atoms with Crippen LogP contribution in [-0.4, -0.2) is 51.9 Å². The second kappa shape index (κ2) is 8.64. The van der Waals surface area contributed by atoms with E-state index in [1.807, 2.05) is 26.1 Å². The Morgan fingerprint density at radius 3 is 3.04 bits per heavy atom. The topological polar surface area (TPSA) is 98.8 Å². The summed E-state index contributed by atoms with van der Waals surface area (Å²) >= 11 is 0. The van der Waals surface area contributed by atoms with Gasteiger partial charge in [0, 0.05) is 43.1 Å². The zero-order chi connectivity index (χ0) is 18.4. The Balaban J connectivity index is 1.40. The van der Waals surface area contributed by atoms with E-state index in [2.05, 4.69) is 35.7 Å². The fraction of sp³-hybridized carbons (Fsp3) is 0.556. The van der Waals surface area contributed by atoms with E-state index in [9.17, 15) is 4.79 Å². The van der Waals surface area contributed by atoms with Gasteiger partial charge in [0.05, 0.1) is 6.20 Å². The van der Waals surface area contributed by atoms with Crippen LogP contribution in [0.5, 0.6) is 0 Å². The SMILES string of the molecule is Cc1cc(N2CCCC(NC(=O)NCCCc3cn[nH]c3C)C2)ncn1. The summed E-state index contributed by atoms with van der Waals surface area (Å²) in [5.74, 6) is 0.930. The molecule has 1 unspecified atom stereocenters. The number of piperidine rings is 1. The number of hydrogen-bond donors (Lipinski definition) is 3. The quantitative estimate of drug-likeness (QED) is 0.684. The molecule has 2 aromatic rings. The van der Waals surface area contributed by atoms with E-state index in [1.165, 1.54) is 5.56 Å². The Bertz CT molecular complexity index is 730. The van der Waals surface area contributed by atoms with E-state index in [1.54, 1.807) is 6.33 Å². The van der Waals surface area contributed by atoms with Gasteiger partial charge in [-0.05, 0) is 45.1 Å². The number of nitrogens with one attached hydrogen (secondary N) is 3. The van der Waals surface area contributed by atoms with Crippen molar-refractivity contribution in [3.05, 3.63) is 35.5 Å². The Labute approximate surface area is 153 Å². The molecule has 1 aliphatic rings. The van der Waals surface area contributed by atoms with Crippen molar-refractivity contribution < 1.29 is 4.79 Å². The van der Waals surface area contributed by atoms with Crippen LogP contribution in [-0.2, 0) is 6.42 Å². The minimum Gasteiger partial charge on any atom is -0.354 e. The van der Waals surface area contributed by atoms with Crippen LogP contribution in [0.4, 0.5) is 10.6 Å². The maximum atomic E-state index is 12.2. The summed E-state index contributed by atoms with van der Waals surface area (Å²) in [5, 5.41) is 13.0. The van der Waals surface area contributed by atoms with Crippen LogP contribution < -0.4 is 15.5 Å². The van der Waals surface area contributed by atoms with Gasteiger partial charge in [0.15, 0.2) is 0 Å². The number of aromatic nitrogens is 4. The first kappa shape index (κ1) is 18.2. The lowest BCUT2D eigenvalue weighted by Gasteiger charge is -2.34. The standard InChI is InChI=1S/C18H27N7O/c1-13-9-17(21-12-20-13)25-8-4-6-16(11-25)23-18(26)19-7-3-5-15-10-22-24-14(15)2/h9-10,12,16H,3-8,11H2,1-2H3,(H,22,24)(H2,19,23,26). The molecule has 1 aliphatic heterocycles. The number of amides is 2. The van der Waals surface area contributed by atoms with Gasteiger partial charge in [-0.25, -0.2) is 14.8 Å². The molecule has 2 amide bonds. The number of aromatic amines is 1. The highest BCUT2D eigenvalue weighted by Crippen LogP contribution is 2.17. The van der Waals surface area contributed by atoms with E-state index in [-0.39, 0.29) is 12.1 Å². The number of aryl methyl sites for hydroxylation is 3. The van der Waals surface area contributed by atoms with E-state index in [4.69, 9.17) is 0 Å². The molecular weight excluding hydrogens is 330 g/mol. The smallest absolute Gasteiger partial charge is 0.315 e. The summed E-state index contributed by atoms with van der Waals surface area (Å²) in [6.07, 6.45) is 7.27. The molecule has 1 fully saturated rings. The van der Waals surface area contributed by atoms with Gasteiger partial charge in [0.25, 0.3) is 0 Å². The minimum absolute atomic E-state index is 0.0976. The van der Waals surface area contributed by atoms with Crippen molar-refractivity contribution in [3.8, 4) is 0 Å². The fourth-order valence-corrected chi connectivity index (χ4v) is 3.26. The van der Waals surface area contributed by atoms with Crippen LogP contribution in [0, 0.1) is 13.8 Å². The summed E-state index contributed by atoms with van der Waals surface area (Å²) in [6, 6.07) is 2.02. The molecule has 0 aliphatic carbocycles. The van der Waals surface area contributed by atoms with Crippen molar-refractivity contribution in [1.29, 1.82) is 0 Å². The van der Waals surface area contributed by atoms with Crippen molar-refractivity contribution in [2.45, 2.75) is 45.6 Å². The summed E-state index contributed by atoms with van der Waals surface area (Å²) < 4.78 is 0. The molecule has 2 aromatic heterocycles. The molecule has 0 spiro atoms. The molecule has 0 bridgehead atoms. The molecule has 1 atom stereocenters. The van der Waals surface area contributed by atoms with Crippen LogP contribution in [0.15, 0.2) is 18.6 Å². The molecule has 26 heavy (non-hydrogen) atoms. The van der Waals surface area contributed by atoms with E-state index >= 15 is 0 Å². The van der Waals surface area contributed by atoms with Crippen LogP contribution in [0.25, 0.3) is 0 Å². The number of carbonyl (C=O) groups is 1. The van der Waals surface area contributed by atoms with Gasteiger partial charge >= 0.3 is 6.03 Å². The van der Waals surface area contributed by atoms with Gasteiger partial charge < -0.3 is 15.5 Å². The van der Waals surface area contributed by atoms with Crippen LogP contribution >= 0.6 is 0 Å². The highest BCUT2D eigenvalue weighted by atomic mass is 16.2. The number of hydrogen-bond acceptors (Lipinski definition) is 5. The maximum absolute atomic E-state index is 12.2. The van der Waals surface area contributed by atoms with Crippen molar-refractivity contribution in [1.82, 2.24) is 30.8 Å². The summed E-state index contributed by atoms with van der Waals surface area (Å²) in [6.45, 7) is 6.36. The van der Waals surface area contributed by atoms with Crippen molar-refractivity contribution >= 4 is 11.8 Å². The first-order valence-electron chi connectivity index (χ1n) is 9.18. The fourth-order valence-electron chi connectivity index (χ4n) is 3.26. The third-order valence-electron chi connectivity index (χ3n) is 4.71. The molecule has 8 nitrogen and oxygen atoms in total. The lowest BCUT2D eigenvalue weighted by molar-refractivity contribution is 0.235.